The molecule has 0 unspecified atom stereocenters. The van der Waals surface area contributed by atoms with E-state index in [0.29, 0.717) is 11.4 Å². The van der Waals surface area contributed by atoms with Crippen molar-refractivity contribution in [3.63, 3.8) is 0 Å². The molecule has 0 aliphatic heterocycles. The van der Waals surface area contributed by atoms with Gasteiger partial charge in [-0.05, 0) is 24.6 Å². The van der Waals surface area contributed by atoms with Crippen molar-refractivity contribution < 1.29 is 14.7 Å². The maximum absolute atomic E-state index is 11.8. The lowest BCUT2D eigenvalue weighted by atomic mass is 10.2. The molecule has 2 amide bonds. The summed E-state index contributed by atoms with van der Waals surface area (Å²) in [6.45, 7) is 1.88. The maximum Gasteiger partial charge on any atom is 0.337 e. The van der Waals surface area contributed by atoms with Crippen LogP contribution in [0.3, 0.4) is 0 Å². The Hall–Kier alpha value is -2.89. The Morgan fingerprint density at radius 1 is 1.15 bits per heavy atom. The van der Waals surface area contributed by atoms with Gasteiger partial charge in [0.2, 0.25) is 0 Å². The molecule has 102 valence electrons. The van der Waals surface area contributed by atoms with Crippen molar-refractivity contribution in [3.8, 4) is 0 Å². The van der Waals surface area contributed by atoms with Crippen LogP contribution in [0.5, 0.6) is 0 Å². The largest absolute Gasteiger partial charge is 0.478 e. The lowest BCUT2D eigenvalue weighted by Gasteiger charge is -2.09. The molecule has 0 bridgehead atoms. The van der Waals surface area contributed by atoms with Crippen molar-refractivity contribution in [2.45, 2.75) is 6.92 Å². The first kappa shape index (κ1) is 13.5. The molecule has 0 fully saturated rings. The number of nitrogens with zero attached hydrogens (tertiary/aromatic N) is 1. The van der Waals surface area contributed by atoms with Gasteiger partial charge in [0.15, 0.2) is 0 Å². The van der Waals surface area contributed by atoms with Crippen molar-refractivity contribution in [1.29, 1.82) is 0 Å². The van der Waals surface area contributed by atoms with Crippen LogP contribution in [0.1, 0.15) is 15.9 Å². The fourth-order valence-corrected chi connectivity index (χ4v) is 1.62. The van der Waals surface area contributed by atoms with Gasteiger partial charge in [-0.1, -0.05) is 18.2 Å². The van der Waals surface area contributed by atoms with E-state index in [1.165, 1.54) is 18.5 Å². The third-order valence-corrected chi connectivity index (χ3v) is 2.64. The molecular formula is C14H13N3O3. The first-order chi connectivity index (χ1) is 9.56. The fraction of sp³-hybridized carbons (Fsp3) is 0.0714. The number of carbonyl (C=O) groups excluding carboxylic acids is 1. The van der Waals surface area contributed by atoms with Crippen LogP contribution in [0.25, 0.3) is 0 Å². The smallest absolute Gasteiger partial charge is 0.337 e. The second-order valence-electron chi connectivity index (χ2n) is 4.16. The molecule has 3 N–H and O–H groups in total. The average Bonchev–Trinajstić information content (AvgIpc) is 2.41. The van der Waals surface area contributed by atoms with E-state index >= 15 is 0 Å². The van der Waals surface area contributed by atoms with E-state index in [1.807, 2.05) is 25.1 Å². The summed E-state index contributed by atoms with van der Waals surface area (Å²) in [7, 11) is 0. The number of nitrogens with one attached hydrogen (secondary N) is 2. The third kappa shape index (κ3) is 3.32. The van der Waals surface area contributed by atoms with Crippen molar-refractivity contribution in [3.05, 3.63) is 53.9 Å². The Bertz CT molecular complexity index is 656. The van der Waals surface area contributed by atoms with Crippen molar-refractivity contribution in [1.82, 2.24) is 4.98 Å². The predicted octanol–water partition coefficient (Wildman–Crippen LogP) is 2.73. The number of pyridine rings is 1. The van der Waals surface area contributed by atoms with Gasteiger partial charge < -0.3 is 15.7 Å². The van der Waals surface area contributed by atoms with E-state index in [4.69, 9.17) is 5.11 Å². The summed E-state index contributed by atoms with van der Waals surface area (Å²) in [5.41, 5.74) is 1.95. The summed E-state index contributed by atoms with van der Waals surface area (Å²) < 4.78 is 0. The van der Waals surface area contributed by atoms with E-state index in [9.17, 15) is 9.59 Å². The lowest BCUT2D eigenvalue weighted by Crippen LogP contribution is -2.20. The average molecular weight is 271 g/mol. The zero-order valence-corrected chi connectivity index (χ0v) is 10.8. The molecule has 20 heavy (non-hydrogen) atoms. The van der Waals surface area contributed by atoms with Gasteiger partial charge in [-0.3, -0.25) is 4.98 Å². The number of urea groups is 1. The Kier molecular flexibility index (Phi) is 3.95. The van der Waals surface area contributed by atoms with Gasteiger partial charge in [-0.2, -0.15) is 0 Å². The minimum Gasteiger partial charge on any atom is -0.478 e. The molecule has 0 saturated heterocycles. The Morgan fingerprint density at radius 3 is 2.60 bits per heavy atom. The van der Waals surface area contributed by atoms with Gasteiger partial charge in [-0.25, -0.2) is 9.59 Å². The molecule has 6 nitrogen and oxygen atoms in total. The number of hydrogen-bond donors (Lipinski definition) is 3. The van der Waals surface area contributed by atoms with E-state index in [1.54, 1.807) is 6.07 Å². The molecule has 0 aliphatic carbocycles. The summed E-state index contributed by atoms with van der Waals surface area (Å²) in [6, 6.07) is 8.23. The third-order valence-electron chi connectivity index (χ3n) is 2.64. The highest BCUT2D eigenvalue weighted by molar-refractivity contribution is 6.00. The number of carboxylic acid groups (broad SMARTS) is 1. The fourth-order valence-electron chi connectivity index (χ4n) is 1.62. The van der Waals surface area contributed by atoms with Gasteiger partial charge in [0.1, 0.15) is 0 Å². The number of aromatic nitrogens is 1. The highest BCUT2D eigenvalue weighted by atomic mass is 16.4. The molecule has 0 aliphatic rings. The summed E-state index contributed by atoms with van der Waals surface area (Å²) >= 11 is 0. The van der Waals surface area contributed by atoms with Crippen LogP contribution in [-0.4, -0.2) is 22.1 Å². The molecule has 0 radical (unpaired) electrons. The van der Waals surface area contributed by atoms with Gasteiger partial charge in [0.25, 0.3) is 0 Å². The molecule has 0 atom stereocenters. The van der Waals surface area contributed by atoms with Crippen LogP contribution in [0.4, 0.5) is 16.2 Å². The number of benzene rings is 1. The molecule has 0 saturated carbocycles. The van der Waals surface area contributed by atoms with Crippen LogP contribution in [0.15, 0.2) is 42.7 Å². The number of carboxylic acids is 1. The molecule has 2 rings (SSSR count). The summed E-state index contributed by atoms with van der Waals surface area (Å²) in [6.07, 6.45) is 2.59. The SMILES string of the molecule is Cc1ccccc1NC(=O)Nc1cncc(C(=O)O)c1. The second kappa shape index (κ2) is 5.83. The molecule has 0 spiro atoms. The molecule has 6 heteroatoms. The maximum atomic E-state index is 11.8. The Labute approximate surface area is 115 Å². The molecule has 2 aromatic rings. The molecular weight excluding hydrogens is 258 g/mol. The monoisotopic (exact) mass is 271 g/mol. The van der Waals surface area contributed by atoms with Crippen LogP contribution in [0.2, 0.25) is 0 Å². The minimum atomic E-state index is -1.10. The van der Waals surface area contributed by atoms with E-state index in [-0.39, 0.29) is 5.56 Å². The summed E-state index contributed by atoms with van der Waals surface area (Å²) in [5, 5.41) is 14.1. The standard InChI is InChI=1S/C14H13N3O3/c1-9-4-2-3-5-12(9)17-14(20)16-11-6-10(13(18)19)7-15-8-11/h2-8H,1H3,(H,18,19)(H2,16,17,20). The topological polar surface area (TPSA) is 91.3 Å². The predicted molar refractivity (Wildman–Crippen MR) is 75.0 cm³/mol. The first-order valence-corrected chi connectivity index (χ1v) is 5.88. The number of aryl methyl sites for hydroxylation is 1. The number of carbonyl (C=O) groups is 2. The Balaban J connectivity index is 2.07. The van der Waals surface area contributed by atoms with Crippen LogP contribution in [-0.2, 0) is 0 Å². The first-order valence-electron chi connectivity index (χ1n) is 5.88. The quantitative estimate of drug-likeness (QED) is 0.800. The highest BCUT2D eigenvalue weighted by Gasteiger charge is 2.07. The van der Waals surface area contributed by atoms with Gasteiger partial charge in [0, 0.05) is 11.9 Å². The summed E-state index contributed by atoms with van der Waals surface area (Å²) in [5.74, 6) is -1.10. The van der Waals surface area contributed by atoms with Gasteiger partial charge >= 0.3 is 12.0 Å². The lowest BCUT2D eigenvalue weighted by molar-refractivity contribution is 0.0696. The molecule has 1 aromatic carbocycles. The number of hydrogen-bond acceptors (Lipinski definition) is 3. The van der Waals surface area contributed by atoms with Gasteiger partial charge in [-0.15, -0.1) is 0 Å². The zero-order chi connectivity index (χ0) is 14.5. The normalized spacial score (nSPS) is 9.85. The van der Waals surface area contributed by atoms with Crippen LogP contribution < -0.4 is 10.6 Å². The van der Waals surface area contributed by atoms with Crippen molar-refractivity contribution in [2.24, 2.45) is 0 Å². The Morgan fingerprint density at radius 2 is 1.90 bits per heavy atom. The van der Waals surface area contributed by atoms with Crippen LogP contribution in [0, 0.1) is 6.92 Å². The summed E-state index contributed by atoms with van der Waals surface area (Å²) in [4.78, 5) is 26.4. The molecule has 1 heterocycles. The van der Waals surface area contributed by atoms with E-state index in [0.717, 1.165) is 5.56 Å². The zero-order valence-electron chi connectivity index (χ0n) is 10.8. The van der Waals surface area contributed by atoms with E-state index in [2.05, 4.69) is 15.6 Å². The number of amides is 2. The number of para-hydroxylation sites is 1. The van der Waals surface area contributed by atoms with Crippen molar-refractivity contribution >= 4 is 23.4 Å². The second-order valence-corrected chi connectivity index (χ2v) is 4.16. The number of anilines is 2. The number of rotatable bonds is 3. The van der Waals surface area contributed by atoms with Gasteiger partial charge in [0.05, 0.1) is 17.4 Å². The van der Waals surface area contributed by atoms with Crippen molar-refractivity contribution in [2.75, 3.05) is 10.6 Å². The number of aromatic carboxylic acids is 1. The van der Waals surface area contributed by atoms with E-state index < -0.39 is 12.0 Å². The molecule has 1 aromatic heterocycles. The highest BCUT2D eigenvalue weighted by Crippen LogP contribution is 2.14. The van der Waals surface area contributed by atoms with Crippen LogP contribution >= 0.6 is 0 Å². The minimum absolute atomic E-state index is 0.0127.